The molecule has 1 amide bonds. The summed E-state index contributed by atoms with van der Waals surface area (Å²) in [6.07, 6.45) is 4.11. The number of rotatable bonds is 10. The van der Waals surface area contributed by atoms with Crippen LogP contribution in [0.2, 0.25) is 5.02 Å². The minimum atomic E-state index is -4.22. The summed E-state index contributed by atoms with van der Waals surface area (Å²) in [5.41, 5.74) is 1.33. The van der Waals surface area contributed by atoms with Gasteiger partial charge in [0.1, 0.15) is 10.6 Å². The minimum absolute atomic E-state index is 0.0393. The van der Waals surface area contributed by atoms with Gasteiger partial charge in [-0.2, -0.15) is 0 Å². The second-order valence-electron chi connectivity index (χ2n) is 12.3. The van der Waals surface area contributed by atoms with Crippen molar-refractivity contribution in [2.75, 3.05) is 11.3 Å². The number of anilines is 1. The van der Waals surface area contributed by atoms with Crippen LogP contribution in [0.3, 0.4) is 0 Å². The highest BCUT2D eigenvalue weighted by Crippen LogP contribution is 2.38. The van der Waals surface area contributed by atoms with Crippen molar-refractivity contribution < 1.29 is 18.3 Å². The predicted molar refractivity (Wildman–Crippen MR) is 158 cm³/mol. The summed E-state index contributed by atoms with van der Waals surface area (Å²) < 4.78 is 30.6. The van der Waals surface area contributed by atoms with Gasteiger partial charge >= 0.3 is 0 Å². The molecule has 0 bridgehead atoms. The monoisotopic (exact) mass is 564 g/mol. The van der Waals surface area contributed by atoms with Crippen LogP contribution in [0.1, 0.15) is 108 Å². The summed E-state index contributed by atoms with van der Waals surface area (Å²) in [5, 5.41) is 13.1. The highest BCUT2D eigenvalue weighted by atomic mass is 35.5. The molecule has 0 radical (unpaired) electrons. The highest BCUT2D eigenvalue weighted by Gasteiger charge is 2.34. The van der Waals surface area contributed by atoms with Crippen LogP contribution in [0.4, 0.5) is 5.69 Å². The molecule has 0 saturated heterocycles. The van der Waals surface area contributed by atoms with Crippen LogP contribution in [0.5, 0.6) is 5.75 Å². The number of nitrogens with one attached hydrogen (secondary N) is 2. The van der Waals surface area contributed by atoms with Crippen LogP contribution in [0.15, 0.2) is 29.2 Å². The minimum Gasteiger partial charge on any atom is -0.506 e. The van der Waals surface area contributed by atoms with Gasteiger partial charge in [-0.3, -0.25) is 9.52 Å². The molecular formula is C30H45ClN2O4S. The molecular weight excluding hydrogens is 520 g/mol. The SMILES string of the molecule is CCCCC(CC)CNC(=O)c1cc(C(C)(C)C)cc(C(C)(C)C)c1S(=O)(=O)Nc1cc(C)c(O)c(Cl)c1. The van der Waals surface area contributed by atoms with Crippen molar-refractivity contribution in [3.8, 4) is 5.75 Å². The van der Waals surface area contributed by atoms with Crippen LogP contribution in [0.25, 0.3) is 0 Å². The topological polar surface area (TPSA) is 95.5 Å². The number of phenols is 1. The van der Waals surface area contributed by atoms with Crippen molar-refractivity contribution in [1.82, 2.24) is 5.32 Å². The Kier molecular flexibility index (Phi) is 10.3. The van der Waals surface area contributed by atoms with E-state index in [-0.39, 0.29) is 32.3 Å². The van der Waals surface area contributed by atoms with Gasteiger partial charge in [0.2, 0.25) is 0 Å². The molecule has 2 rings (SSSR count). The van der Waals surface area contributed by atoms with E-state index in [1.807, 2.05) is 47.6 Å². The number of carbonyl (C=O) groups is 1. The maximum atomic E-state index is 14.0. The third-order valence-corrected chi connectivity index (χ3v) is 8.65. The van der Waals surface area contributed by atoms with Crippen molar-refractivity contribution in [1.29, 1.82) is 0 Å². The molecule has 6 nitrogen and oxygen atoms in total. The lowest BCUT2D eigenvalue weighted by Gasteiger charge is -2.29. The molecule has 2 aromatic carbocycles. The Morgan fingerprint density at radius 3 is 2.16 bits per heavy atom. The first-order chi connectivity index (χ1) is 17.4. The van der Waals surface area contributed by atoms with E-state index in [1.165, 1.54) is 12.1 Å². The number of halogens is 1. The van der Waals surface area contributed by atoms with E-state index >= 15 is 0 Å². The van der Waals surface area contributed by atoms with Crippen molar-refractivity contribution in [3.05, 3.63) is 51.5 Å². The van der Waals surface area contributed by atoms with Gasteiger partial charge in [0.05, 0.1) is 16.3 Å². The standard InChI is InChI=1S/C30H45ClN2O4S/c1-10-12-13-20(11-2)18-32-28(35)23-15-21(29(4,5)6)16-24(30(7,8)9)27(23)38(36,37)33-22-14-19(3)26(34)25(31)17-22/h14-17,20,33-34H,10-13,18H2,1-9H3,(H,32,35). The van der Waals surface area contributed by atoms with Gasteiger partial charge in [-0.25, -0.2) is 8.42 Å². The van der Waals surface area contributed by atoms with Crippen LogP contribution in [-0.4, -0.2) is 26.0 Å². The Labute approximate surface area is 234 Å². The zero-order chi connectivity index (χ0) is 29.1. The Hall–Kier alpha value is -2.25. The number of phenolic OH excluding ortho intramolecular Hbond substituents is 1. The fraction of sp³-hybridized carbons (Fsp3) is 0.567. The molecule has 3 N–H and O–H groups in total. The average Bonchev–Trinajstić information content (AvgIpc) is 2.80. The number of sulfonamides is 1. The van der Waals surface area contributed by atoms with Crippen LogP contribution in [-0.2, 0) is 20.9 Å². The lowest BCUT2D eigenvalue weighted by molar-refractivity contribution is 0.0942. The molecule has 0 spiro atoms. The van der Waals surface area contributed by atoms with Crippen molar-refractivity contribution in [2.45, 2.75) is 104 Å². The molecule has 8 heteroatoms. The van der Waals surface area contributed by atoms with E-state index in [9.17, 15) is 18.3 Å². The molecule has 0 fully saturated rings. The first-order valence-corrected chi connectivity index (χ1v) is 15.3. The maximum Gasteiger partial charge on any atom is 0.262 e. The summed E-state index contributed by atoms with van der Waals surface area (Å²) in [6, 6.07) is 6.48. The maximum absolute atomic E-state index is 14.0. The highest BCUT2D eigenvalue weighted by molar-refractivity contribution is 7.92. The Balaban J connectivity index is 2.72. The fourth-order valence-electron chi connectivity index (χ4n) is 4.35. The smallest absolute Gasteiger partial charge is 0.262 e. The molecule has 1 atom stereocenters. The lowest BCUT2D eigenvalue weighted by atomic mass is 9.79. The summed E-state index contributed by atoms with van der Waals surface area (Å²) >= 11 is 6.12. The van der Waals surface area contributed by atoms with E-state index in [1.54, 1.807) is 13.0 Å². The molecule has 1 unspecified atom stereocenters. The quantitative estimate of drug-likeness (QED) is 0.258. The third kappa shape index (κ3) is 7.89. The summed E-state index contributed by atoms with van der Waals surface area (Å²) in [6.45, 7) is 18.3. The molecule has 0 saturated carbocycles. The van der Waals surface area contributed by atoms with Crippen molar-refractivity contribution in [3.63, 3.8) is 0 Å². The number of aryl methyl sites for hydroxylation is 1. The number of benzene rings is 2. The number of hydrogen-bond donors (Lipinski definition) is 3. The number of hydrogen-bond acceptors (Lipinski definition) is 4. The number of unbranched alkanes of at least 4 members (excludes halogenated alkanes) is 1. The van der Waals surface area contributed by atoms with E-state index < -0.39 is 21.3 Å². The zero-order valence-corrected chi connectivity index (χ0v) is 26.0. The number of carbonyl (C=O) groups excluding carboxylic acids is 1. The van der Waals surface area contributed by atoms with E-state index in [0.29, 0.717) is 23.6 Å². The molecule has 0 aromatic heterocycles. The Morgan fingerprint density at radius 1 is 1.03 bits per heavy atom. The zero-order valence-electron chi connectivity index (χ0n) is 24.4. The predicted octanol–water partition coefficient (Wildman–Crippen LogP) is 7.70. The summed E-state index contributed by atoms with van der Waals surface area (Å²) in [7, 11) is -4.22. The van der Waals surface area contributed by atoms with Gasteiger partial charge in [-0.1, -0.05) is 92.3 Å². The first kappa shape index (κ1) is 32.0. The summed E-state index contributed by atoms with van der Waals surface area (Å²) in [5.74, 6) is -0.183. The molecule has 0 heterocycles. The second kappa shape index (κ2) is 12.3. The van der Waals surface area contributed by atoms with Crippen molar-refractivity contribution >= 4 is 33.2 Å². The number of amides is 1. The van der Waals surface area contributed by atoms with Crippen LogP contribution < -0.4 is 10.0 Å². The van der Waals surface area contributed by atoms with Crippen LogP contribution in [0, 0.1) is 12.8 Å². The second-order valence-corrected chi connectivity index (χ2v) is 14.3. The largest absolute Gasteiger partial charge is 0.506 e. The lowest BCUT2D eigenvalue weighted by Crippen LogP contribution is -2.33. The Morgan fingerprint density at radius 2 is 1.66 bits per heavy atom. The first-order valence-electron chi connectivity index (χ1n) is 13.4. The number of aromatic hydroxyl groups is 1. The average molecular weight is 565 g/mol. The molecule has 0 aliphatic rings. The normalized spacial score (nSPS) is 13.3. The molecule has 0 aliphatic carbocycles. The molecule has 2 aromatic rings. The summed E-state index contributed by atoms with van der Waals surface area (Å²) in [4.78, 5) is 13.7. The molecule has 0 aliphatic heterocycles. The molecule has 212 valence electrons. The fourth-order valence-corrected chi connectivity index (χ4v) is 6.25. The van der Waals surface area contributed by atoms with Gasteiger partial charge in [-0.05, 0) is 65.0 Å². The van der Waals surface area contributed by atoms with Gasteiger partial charge in [-0.15, -0.1) is 0 Å². The van der Waals surface area contributed by atoms with Gasteiger partial charge in [0, 0.05) is 6.54 Å². The van der Waals surface area contributed by atoms with Gasteiger partial charge in [0.15, 0.2) is 0 Å². The molecule has 38 heavy (non-hydrogen) atoms. The third-order valence-electron chi connectivity index (χ3n) is 6.88. The van der Waals surface area contributed by atoms with Gasteiger partial charge in [0.25, 0.3) is 15.9 Å². The van der Waals surface area contributed by atoms with Crippen LogP contribution >= 0.6 is 11.6 Å². The Bertz CT molecular complexity index is 1240. The van der Waals surface area contributed by atoms with E-state index in [0.717, 1.165) is 31.2 Å². The van der Waals surface area contributed by atoms with Crippen molar-refractivity contribution in [2.24, 2.45) is 5.92 Å². The van der Waals surface area contributed by atoms with Gasteiger partial charge < -0.3 is 10.4 Å². The van der Waals surface area contributed by atoms with E-state index in [4.69, 9.17) is 11.6 Å². The van der Waals surface area contributed by atoms with E-state index in [2.05, 4.69) is 23.9 Å².